The van der Waals surface area contributed by atoms with Crippen LogP contribution in [0.25, 0.3) is 0 Å². The van der Waals surface area contributed by atoms with Crippen molar-refractivity contribution in [2.24, 2.45) is 5.92 Å². The van der Waals surface area contributed by atoms with Gasteiger partial charge >= 0.3 is 16.2 Å². The second-order valence-electron chi connectivity index (χ2n) is 5.21. The summed E-state index contributed by atoms with van der Waals surface area (Å²) in [6, 6.07) is 3.97. The summed E-state index contributed by atoms with van der Waals surface area (Å²) < 4.78 is 28.4. The summed E-state index contributed by atoms with van der Waals surface area (Å²) in [6.45, 7) is 2.98. The van der Waals surface area contributed by atoms with E-state index in [0.717, 1.165) is 12.8 Å². The maximum atomic E-state index is 12.3. The molecule has 2 N–H and O–H groups in total. The molecular weight excluding hydrogens is 316 g/mol. The van der Waals surface area contributed by atoms with Crippen LogP contribution in [0.2, 0.25) is 5.02 Å². The average molecular weight is 333 g/mol. The normalized spacial score (nSPS) is 20.2. The van der Waals surface area contributed by atoms with Crippen molar-refractivity contribution in [3.05, 3.63) is 28.8 Å². The van der Waals surface area contributed by atoms with Gasteiger partial charge in [0.1, 0.15) is 0 Å². The SMILES string of the molecule is CC1CCCN(S(=O)(=O)Nc2ccc(C(=O)O)c(Cl)c2)C1. The van der Waals surface area contributed by atoms with Crippen LogP contribution < -0.4 is 4.72 Å². The molecule has 1 saturated heterocycles. The smallest absolute Gasteiger partial charge is 0.337 e. The van der Waals surface area contributed by atoms with Gasteiger partial charge in [-0.1, -0.05) is 18.5 Å². The van der Waals surface area contributed by atoms with Crippen LogP contribution in [-0.2, 0) is 10.2 Å². The van der Waals surface area contributed by atoms with E-state index in [-0.39, 0.29) is 16.3 Å². The van der Waals surface area contributed by atoms with Gasteiger partial charge < -0.3 is 5.11 Å². The standard InChI is InChI=1S/C13H17ClN2O4S/c1-9-3-2-6-16(8-9)21(19,20)15-10-4-5-11(13(17)18)12(14)7-10/h4-5,7,9,15H,2-3,6,8H2,1H3,(H,17,18). The van der Waals surface area contributed by atoms with E-state index in [1.54, 1.807) is 0 Å². The van der Waals surface area contributed by atoms with Crippen LogP contribution in [0.3, 0.4) is 0 Å². The minimum Gasteiger partial charge on any atom is -0.478 e. The maximum absolute atomic E-state index is 12.3. The number of rotatable bonds is 4. The lowest BCUT2D eigenvalue weighted by molar-refractivity contribution is 0.0697. The van der Waals surface area contributed by atoms with Gasteiger partial charge in [0.15, 0.2) is 0 Å². The predicted octanol–water partition coefficient (Wildman–Crippen LogP) is 2.43. The van der Waals surface area contributed by atoms with Crippen LogP contribution in [0.1, 0.15) is 30.1 Å². The van der Waals surface area contributed by atoms with Crippen LogP contribution in [0, 0.1) is 5.92 Å². The number of benzene rings is 1. The fourth-order valence-electron chi connectivity index (χ4n) is 2.33. The Labute approximate surface area is 128 Å². The lowest BCUT2D eigenvalue weighted by atomic mass is 10.0. The number of aromatic carboxylic acids is 1. The van der Waals surface area contributed by atoms with E-state index >= 15 is 0 Å². The highest BCUT2D eigenvalue weighted by Gasteiger charge is 2.27. The molecule has 1 heterocycles. The number of nitrogens with zero attached hydrogens (tertiary/aromatic N) is 1. The molecular formula is C13H17ClN2O4S. The second-order valence-corrected chi connectivity index (χ2v) is 7.29. The molecule has 1 aliphatic heterocycles. The molecule has 0 radical (unpaired) electrons. The molecule has 21 heavy (non-hydrogen) atoms. The van der Waals surface area contributed by atoms with Gasteiger partial charge in [-0.3, -0.25) is 4.72 Å². The Morgan fingerprint density at radius 3 is 2.76 bits per heavy atom. The first-order valence-corrected chi connectivity index (χ1v) is 8.42. The predicted molar refractivity (Wildman–Crippen MR) is 80.9 cm³/mol. The van der Waals surface area contributed by atoms with Crippen molar-refractivity contribution in [1.29, 1.82) is 0 Å². The quantitative estimate of drug-likeness (QED) is 0.886. The van der Waals surface area contributed by atoms with Crippen molar-refractivity contribution in [1.82, 2.24) is 4.31 Å². The van der Waals surface area contributed by atoms with Gasteiger partial charge in [0.2, 0.25) is 0 Å². The van der Waals surface area contributed by atoms with Gasteiger partial charge in [-0.15, -0.1) is 0 Å². The zero-order valence-corrected chi connectivity index (χ0v) is 13.1. The Morgan fingerprint density at radius 2 is 2.19 bits per heavy atom. The topological polar surface area (TPSA) is 86.7 Å². The third-order valence-corrected chi connectivity index (χ3v) is 5.22. The first-order chi connectivity index (χ1) is 9.79. The minimum absolute atomic E-state index is 0.00490. The van der Waals surface area contributed by atoms with E-state index in [4.69, 9.17) is 16.7 Å². The average Bonchev–Trinajstić information content (AvgIpc) is 2.37. The van der Waals surface area contributed by atoms with Crippen LogP contribution >= 0.6 is 11.6 Å². The minimum atomic E-state index is -3.64. The summed E-state index contributed by atoms with van der Waals surface area (Å²) in [6.07, 6.45) is 1.85. The lowest BCUT2D eigenvalue weighted by Crippen LogP contribution is -2.42. The molecule has 1 atom stereocenters. The summed E-state index contributed by atoms with van der Waals surface area (Å²) in [5.74, 6) is -0.826. The van der Waals surface area contributed by atoms with Gasteiger partial charge in [0.25, 0.3) is 0 Å². The third kappa shape index (κ3) is 3.87. The van der Waals surface area contributed by atoms with Gasteiger partial charge in [0.05, 0.1) is 16.3 Å². The molecule has 2 rings (SSSR count). The highest BCUT2D eigenvalue weighted by molar-refractivity contribution is 7.90. The molecule has 1 fully saturated rings. The lowest BCUT2D eigenvalue weighted by Gasteiger charge is -2.30. The van der Waals surface area contributed by atoms with E-state index in [9.17, 15) is 13.2 Å². The van der Waals surface area contributed by atoms with Crippen molar-refractivity contribution in [3.63, 3.8) is 0 Å². The Morgan fingerprint density at radius 1 is 1.48 bits per heavy atom. The van der Waals surface area contributed by atoms with Gasteiger partial charge in [-0.25, -0.2) is 4.79 Å². The number of halogens is 1. The molecule has 0 amide bonds. The molecule has 6 nitrogen and oxygen atoms in total. The zero-order chi connectivity index (χ0) is 15.6. The highest BCUT2D eigenvalue weighted by atomic mass is 35.5. The number of carbonyl (C=O) groups is 1. The molecule has 116 valence electrons. The number of hydrogen-bond donors (Lipinski definition) is 2. The second kappa shape index (κ2) is 6.21. The number of piperidine rings is 1. The molecule has 1 aromatic carbocycles. The summed E-state index contributed by atoms with van der Waals surface area (Å²) in [5.41, 5.74) is 0.189. The molecule has 8 heteroatoms. The van der Waals surface area contributed by atoms with Crippen LogP contribution in [0.5, 0.6) is 0 Å². The van der Waals surface area contributed by atoms with Crippen molar-refractivity contribution < 1.29 is 18.3 Å². The van der Waals surface area contributed by atoms with E-state index in [1.165, 1.54) is 22.5 Å². The van der Waals surface area contributed by atoms with Crippen LogP contribution in [0.4, 0.5) is 5.69 Å². The third-order valence-electron chi connectivity index (χ3n) is 3.41. The van der Waals surface area contributed by atoms with Crippen molar-refractivity contribution >= 4 is 33.5 Å². The Bertz CT molecular complexity index is 648. The van der Waals surface area contributed by atoms with Crippen molar-refractivity contribution in [2.45, 2.75) is 19.8 Å². The van der Waals surface area contributed by atoms with Crippen LogP contribution in [0.15, 0.2) is 18.2 Å². The number of anilines is 1. The number of carboxylic acid groups (broad SMARTS) is 1. The van der Waals surface area contributed by atoms with E-state index < -0.39 is 16.2 Å². The summed E-state index contributed by atoms with van der Waals surface area (Å²) >= 11 is 5.83. The van der Waals surface area contributed by atoms with Crippen LogP contribution in [-0.4, -0.2) is 36.9 Å². The van der Waals surface area contributed by atoms with E-state index in [2.05, 4.69) is 4.72 Å². The molecule has 0 bridgehead atoms. The molecule has 1 unspecified atom stereocenters. The molecule has 1 aromatic rings. The van der Waals surface area contributed by atoms with E-state index in [0.29, 0.717) is 19.0 Å². The van der Waals surface area contributed by atoms with Crippen molar-refractivity contribution in [2.75, 3.05) is 17.8 Å². The Kier molecular flexibility index (Phi) is 4.75. The Hall–Kier alpha value is -1.31. The molecule has 0 spiro atoms. The fourth-order valence-corrected chi connectivity index (χ4v) is 3.97. The first-order valence-electron chi connectivity index (χ1n) is 6.60. The number of hydrogen-bond acceptors (Lipinski definition) is 3. The maximum Gasteiger partial charge on any atom is 0.337 e. The molecule has 0 aromatic heterocycles. The van der Waals surface area contributed by atoms with Gasteiger partial charge in [-0.2, -0.15) is 12.7 Å². The van der Waals surface area contributed by atoms with E-state index in [1.807, 2.05) is 6.92 Å². The zero-order valence-electron chi connectivity index (χ0n) is 11.5. The first kappa shape index (κ1) is 16.1. The summed E-state index contributed by atoms with van der Waals surface area (Å²) in [5, 5.41) is 8.89. The summed E-state index contributed by atoms with van der Waals surface area (Å²) in [4.78, 5) is 10.9. The van der Waals surface area contributed by atoms with Crippen molar-refractivity contribution in [3.8, 4) is 0 Å². The summed E-state index contributed by atoms with van der Waals surface area (Å²) in [7, 11) is -3.64. The fraction of sp³-hybridized carbons (Fsp3) is 0.462. The molecule has 0 aliphatic carbocycles. The number of nitrogens with one attached hydrogen (secondary N) is 1. The van der Waals surface area contributed by atoms with Gasteiger partial charge in [-0.05, 0) is 37.0 Å². The Balaban J connectivity index is 2.17. The molecule has 0 saturated carbocycles. The van der Waals surface area contributed by atoms with Gasteiger partial charge in [0, 0.05) is 13.1 Å². The largest absolute Gasteiger partial charge is 0.478 e. The highest BCUT2D eigenvalue weighted by Crippen LogP contribution is 2.24. The number of carboxylic acids is 1. The monoisotopic (exact) mass is 332 g/mol. The molecule has 1 aliphatic rings.